The van der Waals surface area contributed by atoms with Crippen molar-refractivity contribution in [1.82, 2.24) is 0 Å². The lowest BCUT2D eigenvalue weighted by atomic mass is 10.1. The highest BCUT2D eigenvalue weighted by Gasteiger charge is 2.30. The molecule has 112 valence electrons. The van der Waals surface area contributed by atoms with Crippen molar-refractivity contribution < 1.29 is 9.32 Å². The zero-order valence-corrected chi connectivity index (χ0v) is 15.1. The van der Waals surface area contributed by atoms with E-state index in [9.17, 15) is 9.32 Å². The van der Waals surface area contributed by atoms with Crippen LogP contribution in [0.3, 0.4) is 0 Å². The van der Waals surface area contributed by atoms with E-state index in [0.717, 1.165) is 5.56 Å². The van der Waals surface area contributed by atoms with Crippen molar-refractivity contribution in [1.29, 1.82) is 0 Å². The maximum absolute atomic E-state index is 12.8. The predicted octanol–water partition coefficient (Wildman–Crippen LogP) is 4.03. The molecule has 0 saturated heterocycles. The summed E-state index contributed by atoms with van der Waals surface area (Å²) in [5, 5.41) is 10.6. The van der Waals surface area contributed by atoms with Crippen molar-refractivity contribution in [2.75, 3.05) is 0 Å². The fourth-order valence-electron chi connectivity index (χ4n) is 1.81. The minimum absolute atomic E-state index is 0.374. The summed E-state index contributed by atoms with van der Waals surface area (Å²) >= 11 is 0. The molecule has 1 aromatic rings. The van der Waals surface area contributed by atoms with Crippen LogP contribution in [-0.4, -0.2) is 22.1 Å². The first kappa shape index (κ1) is 17.3. The molecule has 0 aliphatic carbocycles. The van der Waals surface area contributed by atoms with Crippen molar-refractivity contribution in [3.05, 3.63) is 46.5 Å². The third-order valence-corrected chi connectivity index (χ3v) is 6.00. The molecule has 2 nitrogen and oxygen atoms in total. The van der Waals surface area contributed by atoms with E-state index < -0.39 is 25.0 Å². The van der Waals surface area contributed by atoms with Gasteiger partial charge in [-0.05, 0) is 26.3 Å². The second kappa shape index (κ2) is 6.37. The fourth-order valence-corrected chi connectivity index (χ4v) is 5.36. The van der Waals surface area contributed by atoms with Crippen LogP contribution in [0.4, 0.5) is 0 Å². The Morgan fingerprint density at radius 3 is 2.10 bits per heavy atom. The van der Waals surface area contributed by atoms with Gasteiger partial charge in [-0.15, -0.1) is 0 Å². The number of aliphatic hydroxyl groups is 1. The van der Waals surface area contributed by atoms with Crippen molar-refractivity contribution in [2.24, 2.45) is 0 Å². The molecule has 0 heterocycles. The second-order valence-corrected chi connectivity index (χ2v) is 14.4. The van der Waals surface area contributed by atoms with Gasteiger partial charge in [0, 0.05) is 9.65 Å². The molecule has 0 radical (unpaired) electrons. The van der Waals surface area contributed by atoms with Gasteiger partial charge in [0.2, 0.25) is 0 Å². The Bertz CT molecular complexity index is 495. The number of hydrogen-bond acceptors (Lipinski definition) is 2. The molecule has 1 rings (SSSR count). The van der Waals surface area contributed by atoms with Gasteiger partial charge in [-0.3, -0.25) is 4.21 Å². The highest BCUT2D eigenvalue weighted by atomic mass is 32.2. The highest BCUT2D eigenvalue weighted by molar-refractivity contribution is 7.90. The fraction of sp³-hybridized carbons (Fsp3) is 0.500. The molecular weight excluding hydrogens is 284 g/mol. The van der Waals surface area contributed by atoms with Gasteiger partial charge in [-0.2, -0.15) is 0 Å². The molecule has 0 amide bonds. The summed E-state index contributed by atoms with van der Waals surface area (Å²) in [6.45, 7) is 12.4. The molecule has 0 saturated carbocycles. The van der Waals surface area contributed by atoms with Gasteiger partial charge in [0.1, 0.15) is 6.10 Å². The Balaban J connectivity index is 3.26. The lowest BCUT2D eigenvalue weighted by Crippen LogP contribution is -2.28. The van der Waals surface area contributed by atoms with Gasteiger partial charge < -0.3 is 5.11 Å². The first-order valence-corrected chi connectivity index (χ1v) is 11.6. The minimum atomic E-state index is -1.57. The summed E-state index contributed by atoms with van der Waals surface area (Å²) in [6.07, 6.45) is -0.789. The van der Waals surface area contributed by atoms with E-state index in [1.807, 2.05) is 51.1 Å². The Labute approximate surface area is 126 Å². The van der Waals surface area contributed by atoms with Crippen LogP contribution in [0.15, 0.2) is 40.9 Å². The third-order valence-electron chi connectivity index (χ3n) is 2.73. The smallest absolute Gasteiger partial charge is 0.112 e. The second-order valence-electron chi connectivity index (χ2n) is 7.11. The molecular formula is C16H26O2SSi. The molecule has 1 aromatic carbocycles. The Hall–Kier alpha value is -0.713. The monoisotopic (exact) mass is 310 g/mol. The van der Waals surface area contributed by atoms with E-state index in [1.165, 1.54) is 0 Å². The lowest BCUT2D eigenvalue weighted by Gasteiger charge is -2.26. The normalized spacial score (nSPS) is 16.9. The lowest BCUT2D eigenvalue weighted by molar-refractivity contribution is 0.224. The molecule has 1 N–H and O–H groups in total. The maximum Gasteiger partial charge on any atom is 0.112 e. The molecule has 0 aliphatic heterocycles. The van der Waals surface area contributed by atoms with Crippen molar-refractivity contribution >= 4 is 18.9 Å². The van der Waals surface area contributed by atoms with E-state index in [-0.39, 0.29) is 4.75 Å². The highest BCUT2D eigenvalue weighted by Crippen LogP contribution is 2.31. The molecule has 0 fully saturated rings. The summed E-state index contributed by atoms with van der Waals surface area (Å²) in [4.78, 5) is 0.655. The Morgan fingerprint density at radius 2 is 1.70 bits per heavy atom. The average molecular weight is 311 g/mol. The third kappa shape index (κ3) is 5.00. The summed E-state index contributed by atoms with van der Waals surface area (Å²) in [5.41, 5.74) is 2.88. The molecule has 4 heteroatoms. The molecule has 20 heavy (non-hydrogen) atoms. The van der Waals surface area contributed by atoms with Crippen LogP contribution in [0, 0.1) is 0 Å². The molecule has 0 spiro atoms. The predicted molar refractivity (Wildman–Crippen MR) is 90.7 cm³/mol. The quantitative estimate of drug-likeness (QED) is 0.853. The molecule has 0 bridgehead atoms. The first-order valence-electron chi connectivity index (χ1n) is 6.90. The summed E-state index contributed by atoms with van der Waals surface area (Å²) in [5.74, 6) is 0. The Morgan fingerprint density at radius 1 is 1.20 bits per heavy atom. The zero-order chi connectivity index (χ0) is 15.6. The minimum Gasteiger partial charge on any atom is -0.383 e. The van der Waals surface area contributed by atoms with Crippen LogP contribution >= 0.6 is 0 Å². The van der Waals surface area contributed by atoms with Gasteiger partial charge in [-0.25, -0.2) is 0 Å². The van der Waals surface area contributed by atoms with Crippen molar-refractivity contribution in [2.45, 2.75) is 51.3 Å². The number of rotatable bonds is 4. The van der Waals surface area contributed by atoms with Gasteiger partial charge in [0.25, 0.3) is 0 Å². The SMILES string of the molecule is CC(C)(C)[S@](=O)/C(=C/[Si](C)(C)C)[C@H](O)c1ccccc1. The standard InChI is InChI=1S/C16H26O2SSi/c1-16(2,3)19(18)14(12-20(4,5)6)15(17)13-10-8-7-9-11-13/h7-12,15,17H,1-6H3/b14-12+/t15-,19-/m1/s1. The molecule has 0 aliphatic rings. The first-order chi connectivity index (χ1) is 9.02. The maximum atomic E-state index is 12.8. The summed E-state index contributed by atoms with van der Waals surface area (Å²) < 4.78 is 12.4. The van der Waals surface area contributed by atoms with E-state index in [4.69, 9.17) is 0 Å². The van der Waals surface area contributed by atoms with Crippen molar-refractivity contribution in [3.8, 4) is 0 Å². The van der Waals surface area contributed by atoms with E-state index >= 15 is 0 Å². The van der Waals surface area contributed by atoms with Crippen LogP contribution in [0.25, 0.3) is 0 Å². The zero-order valence-electron chi connectivity index (χ0n) is 13.3. The van der Waals surface area contributed by atoms with Crippen LogP contribution in [0.5, 0.6) is 0 Å². The van der Waals surface area contributed by atoms with Gasteiger partial charge in [0.15, 0.2) is 0 Å². The van der Waals surface area contributed by atoms with Gasteiger partial charge in [0.05, 0.1) is 18.9 Å². The molecule has 0 unspecified atom stereocenters. The van der Waals surface area contributed by atoms with E-state index in [1.54, 1.807) is 0 Å². The van der Waals surface area contributed by atoms with E-state index in [0.29, 0.717) is 4.91 Å². The van der Waals surface area contributed by atoms with Crippen molar-refractivity contribution in [3.63, 3.8) is 0 Å². The van der Waals surface area contributed by atoms with Crippen LogP contribution in [0.2, 0.25) is 19.6 Å². The van der Waals surface area contributed by atoms with Crippen LogP contribution in [0.1, 0.15) is 32.4 Å². The van der Waals surface area contributed by atoms with Gasteiger partial charge >= 0.3 is 0 Å². The molecule has 0 aromatic heterocycles. The van der Waals surface area contributed by atoms with Gasteiger partial charge in [-0.1, -0.05) is 55.7 Å². The largest absolute Gasteiger partial charge is 0.383 e. The number of aliphatic hydroxyl groups excluding tert-OH is 1. The summed E-state index contributed by atoms with van der Waals surface area (Å²) in [6, 6.07) is 9.46. The average Bonchev–Trinajstić information content (AvgIpc) is 2.33. The summed E-state index contributed by atoms with van der Waals surface area (Å²) in [7, 11) is -2.78. The van der Waals surface area contributed by atoms with Crippen LogP contribution in [-0.2, 0) is 10.8 Å². The van der Waals surface area contributed by atoms with E-state index in [2.05, 4.69) is 25.3 Å². The number of hydrogen-bond donors (Lipinski definition) is 1. The Kier molecular flexibility index (Phi) is 5.52. The topological polar surface area (TPSA) is 37.3 Å². The number of benzene rings is 1. The molecule has 2 atom stereocenters. The van der Waals surface area contributed by atoms with Crippen LogP contribution < -0.4 is 0 Å².